The fraction of sp³-hybridized carbons (Fsp3) is 0.824. The topological polar surface area (TPSA) is 24.9 Å². The lowest BCUT2D eigenvalue weighted by Crippen LogP contribution is -2.54. The van der Waals surface area contributed by atoms with Crippen LogP contribution < -0.4 is 5.32 Å². The highest BCUT2D eigenvalue weighted by Gasteiger charge is 2.48. The van der Waals surface area contributed by atoms with Crippen molar-refractivity contribution in [3.05, 3.63) is 15.6 Å². The molecule has 0 saturated heterocycles. The molecule has 0 aliphatic heterocycles. The normalized spacial score (nSPS) is 27.8. The molecule has 0 amide bonds. The van der Waals surface area contributed by atoms with Gasteiger partial charge in [0.25, 0.3) is 0 Å². The van der Waals surface area contributed by atoms with E-state index >= 15 is 0 Å². The molecule has 2 atom stereocenters. The van der Waals surface area contributed by atoms with E-state index in [0.717, 1.165) is 6.54 Å². The van der Waals surface area contributed by atoms with E-state index in [2.05, 4.69) is 46.9 Å². The number of nitrogens with one attached hydrogen (secondary N) is 1. The van der Waals surface area contributed by atoms with Gasteiger partial charge in [-0.3, -0.25) is 0 Å². The molecule has 0 spiro atoms. The van der Waals surface area contributed by atoms with Crippen molar-refractivity contribution in [1.82, 2.24) is 10.3 Å². The molecule has 2 rings (SSSR count). The Labute approximate surface area is 128 Å². The van der Waals surface area contributed by atoms with Crippen molar-refractivity contribution in [1.29, 1.82) is 0 Å². The molecule has 1 aliphatic carbocycles. The molecule has 0 bridgehead atoms. The Balaban J connectivity index is 2.50. The second kappa shape index (κ2) is 5.76. The zero-order valence-corrected chi connectivity index (χ0v) is 14.8. The minimum absolute atomic E-state index is 0.0922. The van der Waals surface area contributed by atoms with E-state index in [-0.39, 0.29) is 5.54 Å². The van der Waals surface area contributed by atoms with Gasteiger partial charge in [-0.05, 0) is 44.6 Å². The average Bonchev–Trinajstić information content (AvgIpc) is 2.70. The molecule has 2 nitrogen and oxygen atoms in total. The number of aromatic nitrogens is 1. The van der Waals surface area contributed by atoms with E-state index in [0.29, 0.717) is 11.3 Å². The van der Waals surface area contributed by atoms with Gasteiger partial charge in [0, 0.05) is 4.88 Å². The van der Waals surface area contributed by atoms with Crippen LogP contribution in [-0.2, 0) is 5.54 Å². The minimum atomic E-state index is 0.0922. The Morgan fingerprint density at radius 3 is 2.50 bits per heavy atom. The fourth-order valence-corrected chi connectivity index (χ4v) is 5.03. The number of hydrogen-bond acceptors (Lipinski definition) is 3. The van der Waals surface area contributed by atoms with Crippen LogP contribution >= 0.6 is 11.3 Å². The molecule has 1 N–H and O–H groups in total. The number of thiazole rings is 1. The van der Waals surface area contributed by atoms with Crippen molar-refractivity contribution < 1.29 is 0 Å². The third-order valence-corrected chi connectivity index (χ3v) is 6.11. The highest BCUT2D eigenvalue weighted by atomic mass is 32.1. The molecule has 20 heavy (non-hydrogen) atoms. The van der Waals surface area contributed by atoms with E-state index in [1.165, 1.54) is 41.3 Å². The second-order valence-electron chi connectivity index (χ2n) is 7.33. The Hall–Kier alpha value is -0.410. The van der Waals surface area contributed by atoms with Gasteiger partial charge in [0.2, 0.25) is 0 Å². The molecule has 0 aromatic carbocycles. The van der Waals surface area contributed by atoms with Crippen LogP contribution in [-0.4, -0.2) is 11.5 Å². The number of aryl methyl sites for hydroxylation is 2. The van der Waals surface area contributed by atoms with Gasteiger partial charge in [-0.1, -0.05) is 40.5 Å². The predicted molar refractivity (Wildman–Crippen MR) is 88.4 cm³/mol. The molecular formula is C17H30N2S. The first-order chi connectivity index (χ1) is 9.31. The summed E-state index contributed by atoms with van der Waals surface area (Å²) in [6.45, 7) is 14.8. The maximum Gasteiger partial charge on any atom is 0.114 e. The minimum Gasteiger partial charge on any atom is -0.305 e. The van der Waals surface area contributed by atoms with Crippen LogP contribution in [0.25, 0.3) is 0 Å². The Morgan fingerprint density at radius 2 is 2.00 bits per heavy atom. The summed E-state index contributed by atoms with van der Waals surface area (Å²) in [5.74, 6) is 0.661. The van der Waals surface area contributed by atoms with Crippen molar-refractivity contribution in [2.45, 2.75) is 72.8 Å². The highest BCUT2D eigenvalue weighted by molar-refractivity contribution is 7.11. The summed E-state index contributed by atoms with van der Waals surface area (Å²) in [7, 11) is 0. The molecule has 1 heterocycles. The number of rotatable bonds is 3. The SMILES string of the molecule is CCNC1(c2nc(C)c(C)s2)CCCCC1C(C)(C)C. The van der Waals surface area contributed by atoms with Crippen LogP contribution in [0, 0.1) is 25.2 Å². The summed E-state index contributed by atoms with van der Waals surface area (Å²) in [4.78, 5) is 6.32. The summed E-state index contributed by atoms with van der Waals surface area (Å²) in [6.07, 6.45) is 5.22. The molecule has 1 aromatic rings. The molecule has 3 heteroatoms. The Kier molecular flexibility index (Phi) is 4.60. The lowest BCUT2D eigenvalue weighted by molar-refractivity contribution is 0.0489. The first-order valence-electron chi connectivity index (χ1n) is 8.01. The van der Waals surface area contributed by atoms with E-state index in [1.54, 1.807) is 0 Å². The standard InChI is InChI=1S/C17H30N2S/c1-7-18-17(15-19-12(2)13(3)20-15)11-9-8-10-14(17)16(4,5)6/h14,18H,7-11H2,1-6H3. The fourth-order valence-electron chi connectivity index (χ4n) is 3.87. The molecule has 0 radical (unpaired) electrons. The summed E-state index contributed by atoms with van der Waals surface area (Å²) >= 11 is 1.91. The Bertz CT molecular complexity index is 435. The predicted octanol–water partition coefficient (Wildman–Crippen LogP) is 4.80. The summed E-state index contributed by atoms with van der Waals surface area (Å²) in [5, 5.41) is 5.19. The van der Waals surface area contributed by atoms with Crippen molar-refractivity contribution in [3.63, 3.8) is 0 Å². The first-order valence-corrected chi connectivity index (χ1v) is 8.82. The maximum absolute atomic E-state index is 4.94. The van der Waals surface area contributed by atoms with Crippen molar-refractivity contribution in [2.24, 2.45) is 11.3 Å². The van der Waals surface area contributed by atoms with Crippen LogP contribution in [0.1, 0.15) is 69.0 Å². The third-order valence-electron chi connectivity index (χ3n) is 4.86. The van der Waals surface area contributed by atoms with Crippen LogP contribution in [0.5, 0.6) is 0 Å². The molecule has 1 saturated carbocycles. The van der Waals surface area contributed by atoms with Gasteiger partial charge in [0.1, 0.15) is 5.01 Å². The van der Waals surface area contributed by atoms with E-state index in [1.807, 2.05) is 11.3 Å². The largest absolute Gasteiger partial charge is 0.305 e. The van der Waals surface area contributed by atoms with E-state index in [9.17, 15) is 0 Å². The van der Waals surface area contributed by atoms with Crippen molar-refractivity contribution in [3.8, 4) is 0 Å². The van der Waals surface area contributed by atoms with Crippen LogP contribution in [0.2, 0.25) is 0 Å². The monoisotopic (exact) mass is 294 g/mol. The molecule has 1 aromatic heterocycles. The van der Waals surface area contributed by atoms with E-state index < -0.39 is 0 Å². The number of nitrogens with zero attached hydrogens (tertiary/aromatic N) is 1. The zero-order valence-electron chi connectivity index (χ0n) is 14.0. The summed E-state index contributed by atoms with van der Waals surface area (Å²) in [6, 6.07) is 0. The Morgan fingerprint density at radius 1 is 1.30 bits per heavy atom. The third kappa shape index (κ3) is 2.80. The molecular weight excluding hydrogens is 264 g/mol. The maximum atomic E-state index is 4.94. The summed E-state index contributed by atoms with van der Waals surface area (Å²) in [5.41, 5.74) is 1.62. The van der Waals surface area contributed by atoms with Crippen molar-refractivity contribution in [2.75, 3.05) is 6.54 Å². The van der Waals surface area contributed by atoms with Crippen molar-refractivity contribution >= 4 is 11.3 Å². The summed E-state index contributed by atoms with van der Waals surface area (Å²) < 4.78 is 0. The lowest BCUT2D eigenvalue weighted by Gasteiger charge is -2.49. The smallest absolute Gasteiger partial charge is 0.114 e. The quantitative estimate of drug-likeness (QED) is 0.866. The van der Waals surface area contributed by atoms with Gasteiger partial charge in [-0.2, -0.15) is 0 Å². The van der Waals surface area contributed by atoms with Crippen LogP contribution in [0.4, 0.5) is 0 Å². The van der Waals surface area contributed by atoms with Crippen LogP contribution in [0.15, 0.2) is 0 Å². The van der Waals surface area contributed by atoms with Gasteiger partial charge in [0.15, 0.2) is 0 Å². The molecule has 2 unspecified atom stereocenters. The zero-order chi connectivity index (χ0) is 15.0. The van der Waals surface area contributed by atoms with E-state index in [4.69, 9.17) is 4.98 Å². The first kappa shape index (κ1) is 16.0. The van der Waals surface area contributed by atoms with Gasteiger partial charge < -0.3 is 5.32 Å². The second-order valence-corrected chi connectivity index (χ2v) is 8.53. The van der Waals surface area contributed by atoms with Gasteiger partial charge in [-0.15, -0.1) is 11.3 Å². The van der Waals surface area contributed by atoms with Gasteiger partial charge >= 0.3 is 0 Å². The molecule has 1 fully saturated rings. The lowest BCUT2D eigenvalue weighted by atomic mass is 9.62. The van der Waals surface area contributed by atoms with Crippen LogP contribution in [0.3, 0.4) is 0 Å². The van der Waals surface area contributed by atoms with Gasteiger partial charge in [0.05, 0.1) is 11.2 Å². The molecule has 114 valence electrons. The number of hydrogen-bond donors (Lipinski definition) is 1. The molecule has 1 aliphatic rings. The van der Waals surface area contributed by atoms with Gasteiger partial charge in [-0.25, -0.2) is 4.98 Å². The average molecular weight is 295 g/mol. The highest BCUT2D eigenvalue weighted by Crippen LogP contribution is 2.50.